The van der Waals surface area contributed by atoms with Crippen molar-refractivity contribution in [3.05, 3.63) is 121 Å². The van der Waals surface area contributed by atoms with Crippen molar-refractivity contribution in [2.45, 2.75) is 27.7 Å². The number of fused-ring (bicyclic) bond motifs is 6. The Labute approximate surface area is 244 Å². The Balaban J connectivity index is 0.00000141. The quantitative estimate of drug-likeness (QED) is 0.222. The van der Waals surface area contributed by atoms with E-state index in [0.717, 1.165) is 55.0 Å². The van der Waals surface area contributed by atoms with Crippen molar-refractivity contribution in [2.24, 2.45) is 0 Å². The zero-order valence-electron chi connectivity index (χ0n) is 24.1. The number of nitrogens with zero attached hydrogens (tertiary/aromatic N) is 6. The monoisotopic (exact) mass is 546 g/mol. The summed E-state index contributed by atoms with van der Waals surface area (Å²) in [6.07, 6.45) is 15.1. The van der Waals surface area contributed by atoms with Gasteiger partial charge in [-0.2, -0.15) is 0 Å². The highest BCUT2D eigenvalue weighted by molar-refractivity contribution is 6.09. The highest BCUT2D eigenvalue weighted by atomic mass is 15.0. The SMILES string of the molecule is CC.Cc1cc(-n2c3ccncc3c3cnccc32)ccc1-c1ccc(-n2c3ccncc3c3cnccc32)cc1C. The first-order chi connectivity index (χ1) is 20.7. The van der Waals surface area contributed by atoms with Gasteiger partial charge in [-0.1, -0.05) is 26.0 Å². The van der Waals surface area contributed by atoms with Crippen LogP contribution in [-0.4, -0.2) is 29.1 Å². The third-order valence-corrected chi connectivity index (χ3v) is 7.96. The van der Waals surface area contributed by atoms with Gasteiger partial charge in [-0.3, -0.25) is 19.9 Å². The number of benzene rings is 2. The molecule has 0 amide bonds. The van der Waals surface area contributed by atoms with E-state index in [-0.39, 0.29) is 0 Å². The maximum atomic E-state index is 4.36. The molecule has 0 unspecified atom stereocenters. The lowest BCUT2D eigenvalue weighted by atomic mass is 9.95. The minimum absolute atomic E-state index is 1.11. The zero-order chi connectivity index (χ0) is 28.8. The van der Waals surface area contributed by atoms with Gasteiger partial charge in [0.1, 0.15) is 0 Å². The van der Waals surface area contributed by atoms with Crippen LogP contribution in [0.4, 0.5) is 0 Å². The molecule has 0 aliphatic carbocycles. The van der Waals surface area contributed by atoms with Crippen LogP contribution < -0.4 is 0 Å². The largest absolute Gasteiger partial charge is 0.309 e. The normalized spacial score (nSPS) is 11.3. The molecule has 6 heteroatoms. The van der Waals surface area contributed by atoms with Crippen LogP contribution in [0.15, 0.2) is 110 Å². The molecule has 204 valence electrons. The highest BCUT2D eigenvalue weighted by Gasteiger charge is 2.16. The average molecular weight is 547 g/mol. The Morgan fingerprint density at radius 3 is 1.02 bits per heavy atom. The van der Waals surface area contributed by atoms with Crippen LogP contribution in [0.5, 0.6) is 0 Å². The number of pyridine rings is 4. The van der Waals surface area contributed by atoms with Gasteiger partial charge in [0.15, 0.2) is 0 Å². The summed E-state index contributed by atoms with van der Waals surface area (Å²) >= 11 is 0. The van der Waals surface area contributed by atoms with E-state index in [1.807, 2.05) is 63.4 Å². The van der Waals surface area contributed by atoms with E-state index in [4.69, 9.17) is 0 Å². The molecule has 8 aromatic rings. The second-order valence-electron chi connectivity index (χ2n) is 10.2. The first kappa shape index (κ1) is 25.6. The zero-order valence-corrected chi connectivity index (χ0v) is 24.1. The van der Waals surface area contributed by atoms with Crippen LogP contribution in [0.2, 0.25) is 0 Å². The summed E-state index contributed by atoms with van der Waals surface area (Å²) in [6.45, 7) is 8.38. The van der Waals surface area contributed by atoms with Gasteiger partial charge >= 0.3 is 0 Å². The van der Waals surface area contributed by atoms with E-state index in [1.54, 1.807) is 0 Å². The summed E-state index contributed by atoms with van der Waals surface area (Å²) in [4.78, 5) is 17.4. The fourth-order valence-corrected chi connectivity index (χ4v) is 6.15. The molecule has 0 fully saturated rings. The molecule has 6 heterocycles. The Morgan fingerprint density at radius 2 is 0.738 bits per heavy atom. The van der Waals surface area contributed by atoms with Crippen LogP contribution in [0, 0.1) is 13.8 Å². The van der Waals surface area contributed by atoms with Gasteiger partial charge in [-0.05, 0) is 84.6 Å². The third-order valence-electron chi connectivity index (χ3n) is 7.96. The van der Waals surface area contributed by atoms with Crippen LogP contribution in [0.1, 0.15) is 25.0 Å². The molecular formula is C36H30N6. The maximum absolute atomic E-state index is 4.36. The molecule has 2 aromatic carbocycles. The van der Waals surface area contributed by atoms with Crippen molar-refractivity contribution < 1.29 is 0 Å². The van der Waals surface area contributed by atoms with E-state index in [0.29, 0.717) is 0 Å². The van der Waals surface area contributed by atoms with Crippen LogP contribution in [-0.2, 0) is 0 Å². The second kappa shape index (κ2) is 10.2. The molecule has 0 bridgehead atoms. The van der Waals surface area contributed by atoms with Gasteiger partial charge in [-0.15, -0.1) is 0 Å². The Kier molecular flexibility index (Phi) is 6.24. The predicted molar refractivity (Wildman–Crippen MR) is 173 cm³/mol. The third kappa shape index (κ3) is 3.87. The smallest absolute Gasteiger partial charge is 0.0572 e. The molecule has 6 aromatic heterocycles. The van der Waals surface area contributed by atoms with Gasteiger partial charge in [0.05, 0.1) is 22.1 Å². The van der Waals surface area contributed by atoms with Crippen molar-refractivity contribution in [3.63, 3.8) is 0 Å². The fourth-order valence-electron chi connectivity index (χ4n) is 6.15. The summed E-state index contributed by atoms with van der Waals surface area (Å²) in [6, 6.07) is 21.7. The molecule has 6 nitrogen and oxygen atoms in total. The van der Waals surface area contributed by atoms with E-state index in [9.17, 15) is 0 Å². The molecular weight excluding hydrogens is 516 g/mol. The maximum Gasteiger partial charge on any atom is 0.0572 e. The molecule has 42 heavy (non-hydrogen) atoms. The average Bonchev–Trinajstić information content (AvgIpc) is 3.55. The summed E-state index contributed by atoms with van der Waals surface area (Å²) in [5, 5.41) is 4.43. The van der Waals surface area contributed by atoms with E-state index in [1.165, 1.54) is 22.3 Å². The molecule has 0 N–H and O–H groups in total. The topological polar surface area (TPSA) is 61.4 Å². The van der Waals surface area contributed by atoms with Crippen molar-refractivity contribution in [3.8, 4) is 22.5 Å². The minimum Gasteiger partial charge on any atom is -0.309 e. The summed E-state index contributed by atoms with van der Waals surface area (Å²) < 4.78 is 4.60. The van der Waals surface area contributed by atoms with Crippen molar-refractivity contribution >= 4 is 43.6 Å². The summed E-state index contributed by atoms with van der Waals surface area (Å²) in [5.74, 6) is 0. The lowest BCUT2D eigenvalue weighted by molar-refractivity contribution is 1.16. The Bertz CT molecular complexity index is 1990. The first-order valence-electron chi connectivity index (χ1n) is 14.3. The van der Waals surface area contributed by atoms with Gasteiger partial charge in [0, 0.05) is 82.5 Å². The van der Waals surface area contributed by atoms with Crippen LogP contribution >= 0.6 is 0 Å². The number of aryl methyl sites for hydroxylation is 2. The van der Waals surface area contributed by atoms with E-state index in [2.05, 4.69) is 104 Å². The lowest BCUT2D eigenvalue weighted by Gasteiger charge is -2.15. The molecule has 0 atom stereocenters. The van der Waals surface area contributed by atoms with E-state index < -0.39 is 0 Å². The van der Waals surface area contributed by atoms with E-state index >= 15 is 0 Å². The summed E-state index contributed by atoms with van der Waals surface area (Å²) in [7, 11) is 0. The summed E-state index contributed by atoms with van der Waals surface area (Å²) in [5.41, 5.74) is 11.7. The van der Waals surface area contributed by atoms with Gasteiger partial charge in [0.25, 0.3) is 0 Å². The predicted octanol–water partition coefficient (Wildman–Crippen LogP) is 8.77. The number of aromatic nitrogens is 6. The molecule has 8 rings (SSSR count). The molecule has 0 saturated heterocycles. The lowest BCUT2D eigenvalue weighted by Crippen LogP contribution is -1.98. The number of hydrogen-bond donors (Lipinski definition) is 0. The first-order valence-corrected chi connectivity index (χ1v) is 14.3. The Hall–Kier alpha value is -5.36. The highest BCUT2D eigenvalue weighted by Crippen LogP contribution is 2.36. The minimum atomic E-state index is 1.11. The van der Waals surface area contributed by atoms with Gasteiger partial charge in [0.2, 0.25) is 0 Å². The van der Waals surface area contributed by atoms with Crippen molar-refractivity contribution in [1.82, 2.24) is 29.1 Å². The second-order valence-corrected chi connectivity index (χ2v) is 10.2. The van der Waals surface area contributed by atoms with Gasteiger partial charge < -0.3 is 9.13 Å². The molecule has 0 saturated carbocycles. The van der Waals surface area contributed by atoms with Crippen LogP contribution in [0.3, 0.4) is 0 Å². The van der Waals surface area contributed by atoms with Crippen molar-refractivity contribution in [2.75, 3.05) is 0 Å². The van der Waals surface area contributed by atoms with Gasteiger partial charge in [-0.25, -0.2) is 0 Å². The number of rotatable bonds is 3. The molecule has 0 spiro atoms. The fraction of sp³-hybridized carbons (Fsp3) is 0.111. The van der Waals surface area contributed by atoms with Crippen LogP contribution in [0.25, 0.3) is 66.1 Å². The molecule has 0 radical (unpaired) electrons. The number of hydrogen-bond acceptors (Lipinski definition) is 4. The standard InChI is InChI=1S/C34H24N6.C2H6/c1-21-15-23(39-31-7-11-35-17-27(31)28-18-36-12-8-32(28)39)3-5-25(21)26-6-4-24(16-22(26)2)40-33-9-13-37-19-29(33)30-20-38-14-10-34(30)40;1-2/h3-20H,1-2H3;1-2H3. The molecule has 0 aliphatic heterocycles. The Morgan fingerprint density at radius 1 is 0.429 bits per heavy atom. The molecule has 0 aliphatic rings. The van der Waals surface area contributed by atoms with Crippen molar-refractivity contribution in [1.29, 1.82) is 0 Å².